The molecule has 2 rings (SSSR count). The molecule has 0 aliphatic rings. The molecular weight excluding hydrogens is 465 g/mol. The Hall–Kier alpha value is -1.74. The fourth-order valence-electron chi connectivity index (χ4n) is 2.69. The molecule has 0 aliphatic heterocycles. The van der Waals surface area contributed by atoms with Crippen molar-refractivity contribution in [3.05, 3.63) is 53.9 Å². The van der Waals surface area contributed by atoms with E-state index < -0.39 is 0 Å². The summed E-state index contributed by atoms with van der Waals surface area (Å²) in [5.41, 5.74) is 2.39. The van der Waals surface area contributed by atoms with Gasteiger partial charge in [0.15, 0.2) is 5.96 Å². The Balaban J connectivity index is 0.00000392. The quantitative estimate of drug-likeness (QED) is 0.327. The van der Waals surface area contributed by atoms with E-state index in [-0.39, 0.29) is 24.0 Å². The smallest absolute Gasteiger partial charge is 0.194 e. The normalized spacial score (nSPS) is 11.3. The van der Waals surface area contributed by atoms with E-state index in [1.807, 2.05) is 26.2 Å². The maximum Gasteiger partial charge on any atom is 0.194 e. The van der Waals surface area contributed by atoms with Crippen LogP contribution >= 0.6 is 24.0 Å². The van der Waals surface area contributed by atoms with E-state index in [2.05, 4.69) is 71.2 Å². The Bertz CT molecular complexity index is 729. The number of likely N-dealkylation sites (N-methyl/N-ethyl adjacent to an activating group) is 1. The minimum absolute atomic E-state index is 0. The van der Waals surface area contributed by atoms with Crippen molar-refractivity contribution in [2.45, 2.75) is 20.0 Å². The molecule has 0 atom stereocenters. The van der Waals surface area contributed by atoms with Gasteiger partial charge in [0, 0.05) is 39.1 Å². The van der Waals surface area contributed by atoms with Crippen LogP contribution in [0.3, 0.4) is 0 Å². The molecule has 0 aliphatic carbocycles. The molecule has 0 amide bonds. The SMILES string of the molecule is CCNC(=NCc1cccc(OCCN(C)C)c1)N(C)Cc1cccn1C.I. The van der Waals surface area contributed by atoms with Gasteiger partial charge in [-0.25, -0.2) is 4.99 Å². The van der Waals surface area contributed by atoms with Crippen molar-refractivity contribution >= 4 is 29.9 Å². The van der Waals surface area contributed by atoms with Gasteiger partial charge in [-0.1, -0.05) is 12.1 Å². The summed E-state index contributed by atoms with van der Waals surface area (Å²) in [5.74, 6) is 1.80. The van der Waals surface area contributed by atoms with Gasteiger partial charge in [0.2, 0.25) is 0 Å². The van der Waals surface area contributed by atoms with Crippen LogP contribution in [-0.4, -0.2) is 61.2 Å². The molecule has 1 aromatic heterocycles. The van der Waals surface area contributed by atoms with E-state index >= 15 is 0 Å². The highest BCUT2D eigenvalue weighted by atomic mass is 127. The number of halogens is 1. The second-order valence-corrected chi connectivity index (χ2v) is 6.94. The van der Waals surface area contributed by atoms with Crippen LogP contribution in [0.15, 0.2) is 47.6 Å². The second-order valence-electron chi connectivity index (χ2n) is 6.94. The van der Waals surface area contributed by atoms with E-state index in [4.69, 9.17) is 9.73 Å². The Morgan fingerprint density at radius 3 is 2.61 bits per heavy atom. The zero-order valence-electron chi connectivity index (χ0n) is 17.7. The average Bonchev–Trinajstić information content (AvgIpc) is 3.03. The Morgan fingerprint density at radius 2 is 1.96 bits per heavy atom. The number of hydrogen-bond acceptors (Lipinski definition) is 3. The third kappa shape index (κ3) is 8.10. The number of guanidine groups is 1. The Morgan fingerprint density at radius 1 is 1.18 bits per heavy atom. The highest BCUT2D eigenvalue weighted by Gasteiger charge is 2.08. The van der Waals surface area contributed by atoms with E-state index in [1.165, 1.54) is 5.69 Å². The molecule has 1 N–H and O–H groups in total. The van der Waals surface area contributed by atoms with Crippen molar-refractivity contribution < 1.29 is 4.74 Å². The second kappa shape index (κ2) is 12.7. The van der Waals surface area contributed by atoms with Gasteiger partial charge in [-0.15, -0.1) is 24.0 Å². The summed E-state index contributed by atoms with van der Waals surface area (Å²) in [6.45, 7) is 5.93. The first-order chi connectivity index (χ1) is 13.0. The van der Waals surface area contributed by atoms with E-state index in [9.17, 15) is 0 Å². The van der Waals surface area contributed by atoms with Gasteiger partial charge >= 0.3 is 0 Å². The topological polar surface area (TPSA) is 45.0 Å². The zero-order valence-corrected chi connectivity index (χ0v) is 20.0. The summed E-state index contributed by atoms with van der Waals surface area (Å²) in [7, 11) is 8.22. The predicted octanol–water partition coefficient (Wildman–Crippen LogP) is 3.18. The molecule has 0 bridgehead atoms. The van der Waals surface area contributed by atoms with Crippen molar-refractivity contribution in [2.75, 3.05) is 40.8 Å². The molecular formula is C21H34IN5O. The van der Waals surface area contributed by atoms with Crippen LogP contribution in [0.1, 0.15) is 18.2 Å². The van der Waals surface area contributed by atoms with E-state index in [0.717, 1.165) is 36.9 Å². The van der Waals surface area contributed by atoms with Gasteiger partial charge in [-0.2, -0.15) is 0 Å². The number of benzene rings is 1. The molecule has 7 heteroatoms. The van der Waals surface area contributed by atoms with Crippen LogP contribution in [-0.2, 0) is 20.1 Å². The first-order valence-electron chi connectivity index (χ1n) is 9.45. The standard InChI is InChI=1S/C21H33N5O.HI/c1-6-22-21(26(5)17-19-10-8-12-25(19)4)23-16-18-9-7-11-20(15-18)27-14-13-24(2)3;/h7-12,15H,6,13-14,16-17H2,1-5H3,(H,22,23);1H. The third-order valence-electron chi connectivity index (χ3n) is 4.26. The van der Waals surface area contributed by atoms with Crippen molar-refractivity contribution in [3.63, 3.8) is 0 Å². The van der Waals surface area contributed by atoms with Crippen LogP contribution in [0, 0.1) is 0 Å². The minimum Gasteiger partial charge on any atom is -0.492 e. The van der Waals surface area contributed by atoms with Crippen molar-refractivity contribution in [3.8, 4) is 5.75 Å². The highest BCUT2D eigenvalue weighted by molar-refractivity contribution is 14.0. The molecule has 28 heavy (non-hydrogen) atoms. The maximum atomic E-state index is 5.82. The van der Waals surface area contributed by atoms with Crippen molar-refractivity contribution in [2.24, 2.45) is 12.0 Å². The number of aryl methyl sites for hydroxylation is 1. The van der Waals surface area contributed by atoms with Crippen molar-refractivity contribution in [1.29, 1.82) is 0 Å². The van der Waals surface area contributed by atoms with Crippen LogP contribution in [0.5, 0.6) is 5.75 Å². The van der Waals surface area contributed by atoms with Crippen LogP contribution in [0.25, 0.3) is 0 Å². The Kier molecular flexibility index (Phi) is 11.0. The van der Waals surface area contributed by atoms with E-state index in [1.54, 1.807) is 0 Å². The lowest BCUT2D eigenvalue weighted by molar-refractivity contribution is 0.261. The monoisotopic (exact) mass is 499 g/mol. The zero-order chi connectivity index (χ0) is 19.6. The van der Waals surface area contributed by atoms with Gasteiger partial charge in [-0.3, -0.25) is 0 Å². The van der Waals surface area contributed by atoms with Gasteiger partial charge in [0.1, 0.15) is 12.4 Å². The fraction of sp³-hybridized carbons (Fsp3) is 0.476. The highest BCUT2D eigenvalue weighted by Crippen LogP contribution is 2.14. The van der Waals surface area contributed by atoms with Gasteiger partial charge in [0.25, 0.3) is 0 Å². The number of hydrogen-bond donors (Lipinski definition) is 1. The fourth-order valence-corrected chi connectivity index (χ4v) is 2.69. The summed E-state index contributed by atoms with van der Waals surface area (Å²) in [5, 5.41) is 3.38. The summed E-state index contributed by atoms with van der Waals surface area (Å²) in [4.78, 5) is 9.06. The number of nitrogens with one attached hydrogen (secondary N) is 1. The number of aliphatic imine (C=N–C) groups is 1. The number of nitrogens with zero attached hydrogens (tertiary/aromatic N) is 4. The first-order valence-corrected chi connectivity index (χ1v) is 9.45. The largest absolute Gasteiger partial charge is 0.492 e. The lowest BCUT2D eigenvalue weighted by Crippen LogP contribution is -2.38. The third-order valence-corrected chi connectivity index (χ3v) is 4.26. The van der Waals surface area contributed by atoms with Crippen molar-refractivity contribution in [1.82, 2.24) is 19.7 Å². The molecule has 0 radical (unpaired) electrons. The lowest BCUT2D eigenvalue weighted by Gasteiger charge is -2.22. The molecule has 0 unspecified atom stereocenters. The van der Waals surface area contributed by atoms with Crippen LogP contribution < -0.4 is 10.1 Å². The van der Waals surface area contributed by atoms with E-state index in [0.29, 0.717) is 13.2 Å². The number of aromatic nitrogens is 1. The number of ether oxygens (including phenoxy) is 1. The summed E-state index contributed by atoms with van der Waals surface area (Å²) >= 11 is 0. The molecule has 0 saturated heterocycles. The summed E-state index contributed by atoms with van der Waals surface area (Å²) in [6.07, 6.45) is 2.06. The molecule has 6 nitrogen and oxygen atoms in total. The van der Waals surface area contributed by atoms with Gasteiger partial charge in [0.05, 0.1) is 13.1 Å². The predicted molar refractivity (Wildman–Crippen MR) is 128 cm³/mol. The van der Waals surface area contributed by atoms with Gasteiger partial charge in [-0.05, 0) is 50.8 Å². The average molecular weight is 499 g/mol. The van der Waals surface area contributed by atoms with Crippen LogP contribution in [0.2, 0.25) is 0 Å². The summed E-state index contributed by atoms with van der Waals surface area (Å²) in [6, 6.07) is 12.4. The first kappa shape index (κ1) is 24.3. The molecule has 1 heterocycles. The molecule has 0 spiro atoms. The summed E-state index contributed by atoms with van der Waals surface area (Å²) < 4.78 is 7.96. The maximum absolute atomic E-state index is 5.82. The lowest BCUT2D eigenvalue weighted by atomic mass is 10.2. The molecule has 1 aromatic carbocycles. The molecule has 0 saturated carbocycles. The molecule has 0 fully saturated rings. The van der Waals surface area contributed by atoms with Gasteiger partial charge < -0.3 is 24.4 Å². The Labute approximate surface area is 186 Å². The van der Waals surface area contributed by atoms with Crippen LogP contribution in [0.4, 0.5) is 0 Å². The number of rotatable bonds is 9. The minimum atomic E-state index is 0. The molecule has 156 valence electrons. The molecule has 2 aromatic rings.